The molecule has 1 aliphatic heterocycles. The number of hydrogen-bond donors (Lipinski definition) is 1. The second-order valence-corrected chi connectivity index (χ2v) is 4.81. The van der Waals surface area contributed by atoms with Gasteiger partial charge in [-0.05, 0) is 26.8 Å². The van der Waals surface area contributed by atoms with Gasteiger partial charge in [0.1, 0.15) is 17.4 Å². The summed E-state index contributed by atoms with van der Waals surface area (Å²) in [5.41, 5.74) is -2.70. The van der Waals surface area contributed by atoms with Crippen LogP contribution in [0.15, 0.2) is 28.7 Å². The molecule has 108 valence electrons. The molecule has 0 aliphatic carbocycles. The maximum Gasteiger partial charge on any atom is 0.433 e. The molecular weight excluding hydrogens is 275 g/mol. The van der Waals surface area contributed by atoms with Crippen LogP contribution in [-0.2, 0) is 9.53 Å². The second-order valence-electron chi connectivity index (χ2n) is 4.81. The van der Waals surface area contributed by atoms with Crippen LogP contribution in [0.3, 0.4) is 0 Å². The molecule has 0 aromatic carbocycles. The van der Waals surface area contributed by atoms with Gasteiger partial charge in [0, 0.05) is 6.20 Å². The van der Waals surface area contributed by atoms with Gasteiger partial charge in [0.15, 0.2) is 11.4 Å². The fourth-order valence-corrected chi connectivity index (χ4v) is 1.20. The molecule has 0 saturated heterocycles. The number of aliphatic imine (C=N–C) groups is 1. The molecule has 5 nitrogen and oxygen atoms in total. The van der Waals surface area contributed by atoms with Crippen LogP contribution < -0.4 is 5.32 Å². The zero-order valence-electron chi connectivity index (χ0n) is 11.0. The van der Waals surface area contributed by atoms with Crippen molar-refractivity contribution in [3.05, 3.63) is 23.7 Å². The highest BCUT2D eigenvalue weighted by molar-refractivity contribution is 6.02. The average Bonchev–Trinajstić information content (AvgIpc) is 2.26. The molecule has 0 fully saturated rings. The number of carbonyl (C=O) groups excluding carboxylic acids is 1. The van der Waals surface area contributed by atoms with Crippen molar-refractivity contribution in [2.45, 2.75) is 32.5 Å². The van der Waals surface area contributed by atoms with Crippen LogP contribution in [0.5, 0.6) is 0 Å². The predicted molar refractivity (Wildman–Crippen MR) is 64.2 cm³/mol. The standard InChI is InChI=1S/C12H12F3N3O2/c1-11(2,3)20-10(19)7(6-16)9-17-5-4-8(18-9)12(13,14)15/h4-5,17H,1-3H3. The van der Waals surface area contributed by atoms with Gasteiger partial charge in [-0.3, -0.25) is 0 Å². The number of nitriles is 1. The number of allylic oxidation sites excluding steroid dienone is 1. The molecule has 0 saturated carbocycles. The zero-order chi connectivity index (χ0) is 15.6. The second kappa shape index (κ2) is 5.36. The van der Waals surface area contributed by atoms with Crippen molar-refractivity contribution in [2.24, 2.45) is 4.99 Å². The summed E-state index contributed by atoms with van der Waals surface area (Å²) in [7, 11) is 0. The number of alkyl halides is 3. The highest BCUT2D eigenvalue weighted by Gasteiger charge is 2.36. The molecule has 20 heavy (non-hydrogen) atoms. The average molecular weight is 287 g/mol. The Labute approximate surface area is 113 Å². The van der Waals surface area contributed by atoms with E-state index in [2.05, 4.69) is 10.3 Å². The van der Waals surface area contributed by atoms with Crippen molar-refractivity contribution in [3.63, 3.8) is 0 Å². The minimum absolute atomic E-state index is 0.489. The third-order valence-electron chi connectivity index (χ3n) is 1.94. The first-order valence-electron chi connectivity index (χ1n) is 5.51. The van der Waals surface area contributed by atoms with E-state index >= 15 is 0 Å². The van der Waals surface area contributed by atoms with Crippen LogP contribution in [0, 0.1) is 11.3 Å². The van der Waals surface area contributed by atoms with Gasteiger partial charge in [-0.1, -0.05) is 0 Å². The van der Waals surface area contributed by atoms with Gasteiger partial charge in [0.25, 0.3) is 0 Å². The van der Waals surface area contributed by atoms with E-state index in [0.717, 1.165) is 6.20 Å². The van der Waals surface area contributed by atoms with Gasteiger partial charge < -0.3 is 10.1 Å². The van der Waals surface area contributed by atoms with E-state index in [1.807, 2.05) is 0 Å². The van der Waals surface area contributed by atoms with E-state index < -0.39 is 34.9 Å². The molecule has 1 heterocycles. The van der Waals surface area contributed by atoms with E-state index in [1.54, 1.807) is 20.8 Å². The first kappa shape index (κ1) is 15.8. The van der Waals surface area contributed by atoms with Crippen LogP contribution >= 0.6 is 0 Å². The molecular formula is C12H12F3N3O2. The summed E-state index contributed by atoms with van der Waals surface area (Å²) < 4.78 is 42.5. The molecule has 0 spiro atoms. The molecule has 8 heteroatoms. The SMILES string of the molecule is CC(C)(C)OC(=O)C(C#N)=C1N=C(C(F)(F)F)C=CN1. The van der Waals surface area contributed by atoms with E-state index in [9.17, 15) is 18.0 Å². The van der Waals surface area contributed by atoms with E-state index in [1.165, 1.54) is 6.07 Å². The van der Waals surface area contributed by atoms with Crippen LogP contribution in [0.25, 0.3) is 0 Å². The lowest BCUT2D eigenvalue weighted by molar-refractivity contribution is -0.149. The highest BCUT2D eigenvalue weighted by Crippen LogP contribution is 2.22. The minimum Gasteiger partial charge on any atom is -0.456 e. The van der Waals surface area contributed by atoms with Crippen LogP contribution in [0.2, 0.25) is 0 Å². The highest BCUT2D eigenvalue weighted by atomic mass is 19.4. The molecule has 1 rings (SSSR count). The number of carbonyl (C=O) groups is 1. The van der Waals surface area contributed by atoms with Crippen molar-refractivity contribution < 1.29 is 22.7 Å². The fraction of sp³-hybridized carbons (Fsp3) is 0.417. The largest absolute Gasteiger partial charge is 0.456 e. The lowest BCUT2D eigenvalue weighted by Gasteiger charge is -2.20. The normalized spacial score (nSPS) is 17.8. The lowest BCUT2D eigenvalue weighted by Crippen LogP contribution is -2.29. The van der Waals surface area contributed by atoms with Crippen LogP contribution in [0.4, 0.5) is 13.2 Å². The summed E-state index contributed by atoms with van der Waals surface area (Å²) in [6, 6.07) is 1.50. The predicted octanol–water partition coefficient (Wildman–Crippen LogP) is 2.18. The molecule has 0 amide bonds. The maximum atomic E-state index is 12.5. The van der Waals surface area contributed by atoms with Gasteiger partial charge in [0.2, 0.25) is 0 Å². The molecule has 0 atom stereocenters. The van der Waals surface area contributed by atoms with Crippen molar-refractivity contribution in [1.82, 2.24) is 5.32 Å². The number of nitrogens with zero attached hydrogens (tertiary/aromatic N) is 2. The number of rotatable bonds is 1. The van der Waals surface area contributed by atoms with E-state index in [-0.39, 0.29) is 0 Å². The minimum atomic E-state index is -4.67. The molecule has 0 aromatic heterocycles. The van der Waals surface area contributed by atoms with Gasteiger partial charge in [0.05, 0.1) is 0 Å². The summed E-state index contributed by atoms with van der Waals surface area (Å²) in [6.45, 7) is 4.72. The molecule has 0 radical (unpaired) electrons. The third kappa shape index (κ3) is 4.12. The summed E-state index contributed by atoms with van der Waals surface area (Å²) in [6.07, 6.45) is -3.02. The summed E-state index contributed by atoms with van der Waals surface area (Å²) >= 11 is 0. The third-order valence-corrected chi connectivity index (χ3v) is 1.94. The number of ether oxygens (including phenoxy) is 1. The van der Waals surface area contributed by atoms with Gasteiger partial charge >= 0.3 is 12.1 Å². The van der Waals surface area contributed by atoms with Crippen molar-refractivity contribution >= 4 is 11.7 Å². The molecule has 0 bridgehead atoms. The monoisotopic (exact) mass is 287 g/mol. The van der Waals surface area contributed by atoms with Crippen molar-refractivity contribution in [3.8, 4) is 6.07 Å². The Morgan fingerprint density at radius 3 is 2.45 bits per heavy atom. The number of halogens is 3. The Hall–Kier alpha value is -2.30. The molecule has 0 unspecified atom stereocenters. The Kier molecular flexibility index (Phi) is 4.23. The topological polar surface area (TPSA) is 74.5 Å². The molecule has 1 aliphatic rings. The fourth-order valence-electron chi connectivity index (χ4n) is 1.20. The van der Waals surface area contributed by atoms with Gasteiger partial charge in [-0.25, -0.2) is 9.79 Å². The van der Waals surface area contributed by atoms with Crippen molar-refractivity contribution in [1.29, 1.82) is 5.26 Å². The smallest absolute Gasteiger partial charge is 0.433 e. The summed E-state index contributed by atoms with van der Waals surface area (Å²) in [5.74, 6) is -1.53. The van der Waals surface area contributed by atoms with E-state index in [0.29, 0.717) is 6.08 Å². The van der Waals surface area contributed by atoms with Crippen molar-refractivity contribution in [2.75, 3.05) is 0 Å². The Bertz CT molecular complexity index is 546. The van der Waals surface area contributed by atoms with Gasteiger partial charge in [-0.15, -0.1) is 0 Å². The zero-order valence-corrected chi connectivity index (χ0v) is 11.0. The Balaban J connectivity index is 3.16. The maximum absolute atomic E-state index is 12.5. The first-order valence-corrected chi connectivity index (χ1v) is 5.51. The van der Waals surface area contributed by atoms with Crippen LogP contribution in [-0.4, -0.2) is 23.5 Å². The van der Waals surface area contributed by atoms with Crippen LogP contribution in [0.1, 0.15) is 20.8 Å². The summed E-state index contributed by atoms with van der Waals surface area (Å²) in [5, 5.41) is 11.2. The lowest BCUT2D eigenvalue weighted by atomic mass is 10.2. The number of nitrogens with one attached hydrogen (secondary N) is 1. The Morgan fingerprint density at radius 2 is 2.00 bits per heavy atom. The number of hydrogen-bond acceptors (Lipinski definition) is 5. The van der Waals surface area contributed by atoms with Gasteiger partial charge in [-0.2, -0.15) is 18.4 Å². The molecule has 1 N–H and O–H groups in total. The quantitative estimate of drug-likeness (QED) is 0.455. The Morgan fingerprint density at radius 1 is 1.40 bits per heavy atom. The molecule has 0 aromatic rings. The summed E-state index contributed by atoms with van der Waals surface area (Å²) in [4.78, 5) is 15.0. The van der Waals surface area contributed by atoms with E-state index in [4.69, 9.17) is 10.00 Å². The number of esters is 1. The first-order chi connectivity index (χ1) is 9.04.